The Labute approximate surface area is 156 Å². The zero-order valence-electron chi connectivity index (χ0n) is 14.4. The third-order valence-electron chi connectivity index (χ3n) is 3.64. The summed E-state index contributed by atoms with van der Waals surface area (Å²) >= 11 is 3.49. The maximum absolute atomic E-state index is 11.0. The minimum absolute atomic E-state index is 0.193. The Balaban J connectivity index is 2.11. The van der Waals surface area contributed by atoms with Crippen LogP contribution in [0.4, 0.5) is 0 Å². The Kier molecular flexibility index (Phi) is 7.28. The average Bonchev–Trinajstić information content (AvgIpc) is 2.59. The van der Waals surface area contributed by atoms with E-state index in [4.69, 9.17) is 15.2 Å². The second-order valence-electron chi connectivity index (χ2n) is 5.61. The summed E-state index contributed by atoms with van der Waals surface area (Å²) in [5.41, 5.74) is 7.43. The molecule has 3 N–H and O–H groups in total. The van der Waals surface area contributed by atoms with Gasteiger partial charge >= 0.3 is 0 Å². The molecule has 0 aromatic heterocycles. The number of halogens is 1. The molecular weight excluding hydrogens is 384 g/mol. The average molecular weight is 407 g/mol. The minimum atomic E-state index is -0.531. The summed E-state index contributed by atoms with van der Waals surface area (Å²) in [5.74, 6) is 0.541. The predicted octanol–water partition coefficient (Wildman–Crippen LogP) is 3.56. The van der Waals surface area contributed by atoms with Crippen LogP contribution in [0.3, 0.4) is 0 Å². The van der Waals surface area contributed by atoms with E-state index >= 15 is 0 Å². The normalized spacial score (nSPS) is 11.8. The SMILES string of the molecule is CCOc1cc(CN[C@@H](C)c2ccccc2)cc(Br)c1OCC(N)=O. The number of hydrogen-bond donors (Lipinski definition) is 2. The van der Waals surface area contributed by atoms with Crippen molar-refractivity contribution < 1.29 is 14.3 Å². The van der Waals surface area contributed by atoms with Gasteiger partial charge in [0, 0.05) is 12.6 Å². The molecule has 0 unspecified atom stereocenters. The highest BCUT2D eigenvalue weighted by Crippen LogP contribution is 2.37. The van der Waals surface area contributed by atoms with Crippen LogP contribution in [0, 0.1) is 0 Å². The van der Waals surface area contributed by atoms with Gasteiger partial charge in [-0.25, -0.2) is 0 Å². The molecule has 0 aliphatic rings. The predicted molar refractivity (Wildman–Crippen MR) is 102 cm³/mol. The number of primary amides is 1. The van der Waals surface area contributed by atoms with Gasteiger partial charge in [-0.05, 0) is 53.0 Å². The molecule has 0 aliphatic carbocycles. The summed E-state index contributed by atoms with van der Waals surface area (Å²) in [5, 5.41) is 3.49. The summed E-state index contributed by atoms with van der Waals surface area (Å²) in [7, 11) is 0. The van der Waals surface area contributed by atoms with E-state index < -0.39 is 5.91 Å². The van der Waals surface area contributed by atoms with Gasteiger partial charge in [-0.1, -0.05) is 30.3 Å². The Morgan fingerprint density at radius 1 is 1.24 bits per heavy atom. The first kappa shape index (κ1) is 19.3. The topological polar surface area (TPSA) is 73.6 Å². The molecule has 0 aliphatic heterocycles. The number of benzene rings is 2. The largest absolute Gasteiger partial charge is 0.490 e. The molecule has 1 amide bonds. The molecule has 0 spiro atoms. The fourth-order valence-corrected chi connectivity index (χ4v) is 3.00. The van der Waals surface area contributed by atoms with Crippen LogP contribution in [-0.4, -0.2) is 19.1 Å². The molecule has 0 saturated heterocycles. The number of rotatable bonds is 9. The number of nitrogens with two attached hydrogens (primary N) is 1. The zero-order chi connectivity index (χ0) is 18.2. The third-order valence-corrected chi connectivity index (χ3v) is 4.23. The zero-order valence-corrected chi connectivity index (χ0v) is 16.0. The molecule has 5 nitrogen and oxygen atoms in total. The molecule has 0 heterocycles. The second-order valence-corrected chi connectivity index (χ2v) is 6.46. The van der Waals surface area contributed by atoms with Gasteiger partial charge in [-0.2, -0.15) is 0 Å². The molecule has 134 valence electrons. The number of hydrogen-bond acceptors (Lipinski definition) is 4. The summed E-state index contributed by atoms with van der Waals surface area (Å²) in [6, 6.07) is 14.3. The van der Waals surface area contributed by atoms with Crippen molar-refractivity contribution >= 4 is 21.8 Å². The van der Waals surface area contributed by atoms with Crippen LogP contribution in [-0.2, 0) is 11.3 Å². The summed E-state index contributed by atoms with van der Waals surface area (Å²) in [6.07, 6.45) is 0. The molecular formula is C19H23BrN2O3. The Hall–Kier alpha value is -2.05. The lowest BCUT2D eigenvalue weighted by molar-refractivity contribution is -0.119. The van der Waals surface area contributed by atoms with Gasteiger partial charge in [-0.3, -0.25) is 4.79 Å². The lowest BCUT2D eigenvalue weighted by Gasteiger charge is -2.17. The molecule has 0 fully saturated rings. The first-order valence-electron chi connectivity index (χ1n) is 8.16. The van der Waals surface area contributed by atoms with Gasteiger partial charge in [0.25, 0.3) is 5.91 Å². The maximum Gasteiger partial charge on any atom is 0.255 e. The number of nitrogens with one attached hydrogen (secondary N) is 1. The van der Waals surface area contributed by atoms with E-state index in [2.05, 4.69) is 40.3 Å². The molecule has 1 atom stereocenters. The highest BCUT2D eigenvalue weighted by atomic mass is 79.9. The van der Waals surface area contributed by atoms with Gasteiger partial charge in [-0.15, -0.1) is 0 Å². The van der Waals surface area contributed by atoms with E-state index in [1.807, 2.05) is 37.3 Å². The molecule has 2 aromatic rings. The van der Waals surface area contributed by atoms with Crippen LogP contribution in [0.1, 0.15) is 31.0 Å². The highest BCUT2D eigenvalue weighted by Gasteiger charge is 2.14. The number of ether oxygens (including phenoxy) is 2. The van der Waals surface area contributed by atoms with Crippen LogP contribution >= 0.6 is 15.9 Å². The lowest BCUT2D eigenvalue weighted by atomic mass is 10.1. The van der Waals surface area contributed by atoms with Gasteiger partial charge in [0.15, 0.2) is 18.1 Å². The summed E-state index contributed by atoms with van der Waals surface area (Å²) < 4.78 is 11.8. The fourth-order valence-electron chi connectivity index (χ4n) is 2.40. The van der Waals surface area contributed by atoms with Gasteiger partial charge in [0.1, 0.15) is 0 Å². The number of carbonyl (C=O) groups is 1. The first-order chi connectivity index (χ1) is 12.0. The van der Waals surface area contributed by atoms with Crippen LogP contribution in [0.5, 0.6) is 11.5 Å². The van der Waals surface area contributed by atoms with Crippen molar-refractivity contribution in [1.82, 2.24) is 5.32 Å². The fraction of sp³-hybridized carbons (Fsp3) is 0.316. The summed E-state index contributed by atoms with van der Waals surface area (Å²) in [4.78, 5) is 11.0. The van der Waals surface area contributed by atoms with E-state index in [1.54, 1.807) is 0 Å². The van der Waals surface area contributed by atoms with Gasteiger partial charge < -0.3 is 20.5 Å². The molecule has 6 heteroatoms. The van der Waals surface area contributed by atoms with E-state index in [-0.39, 0.29) is 12.6 Å². The smallest absolute Gasteiger partial charge is 0.255 e. The monoisotopic (exact) mass is 406 g/mol. The molecule has 0 radical (unpaired) electrons. The quantitative estimate of drug-likeness (QED) is 0.667. The van der Waals surface area contributed by atoms with Crippen molar-refractivity contribution in [2.45, 2.75) is 26.4 Å². The Morgan fingerprint density at radius 2 is 1.96 bits per heavy atom. The van der Waals surface area contributed by atoms with E-state index in [9.17, 15) is 4.79 Å². The second kappa shape index (κ2) is 9.44. The third kappa shape index (κ3) is 5.76. The van der Waals surface area contributed by atoms with Crippen molar-refractivity contribution in [3.05, 3.63) is 58.1 Å². The van der Waals surface area contributed by atoms with Crippen LogP contribution in [0.15, 0.2) is 46.9 Å². The lowest BCUT2D eigenvalue weighted by Crippen LogP contribution is -2.21. The van der Waals surface area contributed by atoms with Crippen molar-refractivity contribution in [1.29, 1.82) is 0 Å². The Morgan fingerprint density at radius 3 is 2.60 bits per heavy atom. The van der Waals surface area contributed by atoms with Crippen molar-refractivity contribution in [2.24, 2.45) is 5.73 Å². The molecule has 2 aromatic carbocycles. The molecule has 25 heavy (non-hydrogen) atoms. The number of amides is 1. The van der Waals surface area contributed by atoms with Gasteiger partial charge in [0.2, 0.25) is 0 Å². The Bertz CT molecular complexity index is 707. The van der Waals surface area contributed by atoms with Crippen LogP contribution in [0.2, 0.25) is 0 Å². The van der Waals surface area contributed by atoms with E-state index in [0.29, 0.717) is 24.7 Å². The standard InChI is InChI=1S/C19H23BrN2O3/c1-3-24-17-10-14(9-16(20)19(17)25-12-18(21)23)11-22-13(2)15-7-5-4-6-8-15/h4-10,13,22H,3,11-12H2,1-2H3,(H2,21,23)/t13-/m0/s1. The van der Waals surface area contributed by atoms with Crippen molar-refractivity contribution in [3.63, 3.8) is 0 Å². The summed E-state index contributed by atoms with van der Waals surface area (Å²) in [6.45, 7) is 5.00. The first-order valence-corrected chi connectivity index (χ1v) is 8.95. The van der Waals surface area contributed by atoms with Crippen LogP contribution in [0.25, 0.3) is 0 Å². The van der Waals surface area contributed by atoms with Gasteiger partial charge in [0.05, 0.1) is 11.1 Å². The molecule has 0 bridgehead atoms. The highest BCUT2D eigenvalue weighted by molar-refractivity contribution is 9.10. The minimum Gasteiger partial charge on any atom is -0.490 e. The van der Waals surface area contributed by atoms with Crippen LogP contribution < -0.4 is 20.5 Å². The van der Waals surface area contributed by atoms with Crippen molar-refractivity contribution in [2.75, 3.05) is 13.2 Å². The maximum atomic E-state index is 11.0. The molecule has 2 rings (SSSR count). The van der Waals surface area contributed by atoms with E-state index in [1.165, 1.54) is 5.56 Å². The van der Waals surface area contributed by atoms with Crippen molar-refractivity contribution in [3.8, 4) is 11.5 Å². The van der Waals surface area contributed by atoms with E-state index in [0.717, 1.165) is 10.0 Å². The number of carbonyl (C=O) groups excluding carboxylic acids is 1. The molecule has 0 saturated carbocycles.